The predicted molar refractivity (Wildman–Crippen MR) is 117 cm³/mol. The van der Waals surface area contributed by atoms with Gasteiger partial charge in [0.15, 0.2) is 14.9 Å². The Morgan fingerprint density at radius 3 is 2.50 bits per heavy atom. The van der Waals surface area contributed by atoms with Crippen LogP contribution in [0.3, 0.4) is 0 Å². The van der Waals surface area contributed by atoms with E-state index in [0.29, 0.717) is 15.2 Å². The fourth-order valence-corrected chi connectivity index (χ4v) is 4.23. The van der Waals surface area contributed by atoms with Crippen molar-refractivity contribution in [3.8, 4) is 5.69 Å². The molecule has 3 aromatic rings. The maximum atomic E-state index is 12.2. The average molecular weight is 496 g/mol. The van der Waals surface area contributed by atoms with E-state index < -0.39 is 11.9 Å². The van der Waals surface area contributed by atoms with E-state index in [9.17, 15) is 9.59 Å². The second kappa shape index (κ2) is 9.46. The van der Waals surface area contributed by atoms with E-state index in [1.807, 2.05) is 6.26 Å². The Balaban J connectivity index is 1.58. The first kappa shape index (κ1) is 20.7. The summed E-state index contributed by atoms with van der Waals surface area (Å²) in [5.41, 5.74) is 1.72. The smallest absolute Gasteiger partial charge is 0.338 e. The lowest BCUT2D eigenvalue weighted by Gasteiger charge is -2.07. The summed E-state index contributed by atoms with van der Waals surface area (Å²) in [6.45, 7) is -0.370. The minimum atomic E-state index is -0.579. The van der Waals surface area contributed by atoms with Gasteiger partial charge in [0.05, 0.1) is 11.3 Å². The lowest BCUT2D eigenvalue weighted by molar-refractivity contribution is -0.119. The van der Waals surface area contributed by atoms with Crippen molar-refractivity contribution in [3.05, 3.63) is 62.5 Å². The summed E-state index contributed by atoms with van der Waals surface area (Å²) in [5, 5.41) is 7.06. The molecule has 0 atom stereocenters. The Morgan fingerprint density at radius 2 is 1.89 bits per heavy atom. The molecule has 0 fully saturated rings. The molecule has 0 radical (unpaired) electrons. The van der Waals surface area contributed by atoms with E-state index >= 15 is 0 Å². The van der Waals surface area contributed by atoms with Crippen LogP contribution in [0.1, 0.15) is 10.4 Å². The molecule has 144 valence electrons. The number of thioether (sulfide) groups is 1. The monoisotopic (exact) mass is 495 g/mol. The number of halogens is 1. The highest BCUT2D eigenvalue weighted by molar-refractivity contribution is 9.10. The first-order valence-corrected chi connectivity index (χ1v) is 11.2. The van der Waals surface area contributed by atoms with Gasteiger partial charge in [0.1, 0.15) is 0 Å². The average Bonchev–Trinajstić information content (AvgIpc) is 3.09. The third-order valence-corrected chi connectivity index (χ3v) is 6.25. The summed E-state index contributed by atoms with van der Waals surface area (Å²) < 4.78 is 9.12. The zero-order valence-electron chi connectivity index (χ0n) is 14.5. The van der Waals surface area contributed by atoms with Crippen molar-refractivity contribution in [1.29, 1.82) is 0 Å². The Morgan fingerprint density at radius 1 is 1.21 bits per heavy atom. The molecule has 1 amide bonds. The van der Waals surface area contributed by atoms with Crippen LogP contribution in [0, 0.1) is 3.95 Å². The molecule has 0 aliphatic heterocycles. The van der Waals surface area contributed by atoms with Crippen LogP contribution in [0.25, 0.3) is 5.69 Å². The predicted octanol–water partition coefficient (Wildman–Crippen LogP) is 4.94. The van der Waals surface area contributed by atoms with Crippen molar-refractivity contribution in [1.82, 2.24) is 9.78 Å². The van der Waals surface area contributed by atoms with Gasteiger partial charge in [-0.25, -0.2) is 9.48 Å². The first-order chi connectivity index (χ1) is 13.5. The number of nitrogens with zero attached hydrogens (tertiary/aromatic N) is 2. The van der Waals surface area contributed by atoms with Crippen molar-refractivity contribution < 1.29 is 14.3 Å². The number of esters is 1. The zero-order valence-corrected chi connectivity index (χ0v) is 18.6. The molecule has 0 saturated carbocycles. The number of hydrogen-bond acceptors (Lipinski definition) is 7. The SMILES string of the molecule is CSc1nn(-c2ccc(C(=O)OCC(=O)Nc3ccc(Br)cc3)cc2)c(=S)s1. The molecule has 0 aliphatic rings. The Bertz CT molecular complexity index is 1050. The summed E-state index contributed by atoms with van der Waals surface area (Å²) in [6.07, 6.45) is 1.93. The molecular formula is C18H14BrN3O3S3. The molecule has 0 saturated heterocycles. The van der Waals surface area contributed by atoms with E-state index in [0.717, 1.165) is 14.5 Å². The van der Waals surface area contributed by atoms with Crippen LogP contribution < -0.4 is 5.32 Å². The molecular weight excluding hydrogens is 482 g/mol. The fourth-order valence-electron chi connectivity index (χ4n) is 2.19. The van der Waals surface area contributed by atoms with Crippen molar-refractivity contribution in [2.45, 2.75) is 4.34 Å². The van der Waals surface area contributed by atoms with Crippen LogP contribution in [-0.2, 0) is 9.53 Å². The van der Waals surface area contributed by atoms with Crippen LogP contribution in [-0.4, -0.2) is 34.5 Å². The number of nitrogens with one attached hydrogen (secondary N) is 1. The van der Waals surface area contributed by atoms with Gasteiger partial charge in [-0.2, -0.15) is 0 Å². The minimum absolute atomic E-state index is 0.340. The second-order valence-corrected chi connectivity index (χ2v) is 9.02. The topological polar surface area (TPSA) is 73.2 Å². The lowest BCUT2D eigenvalue weighted by atomic mass is 10.2. The lowest BCUT2D eigenvalue weighted by Crippen LogP contribution is -2.20. The molecule has 0 unspecified atom stereocenters. The van der Waals surface area contributed by atoms with E-state index in [1.165, 1.54) is 23.1 Å². The Kier molecular flexibility index (Phi) is 7.00. The maximum Gasteiger partial charge on any atom is 0.338 e. The molecule has 1 N–H and O–H groups in total. The van der Waals surface area contributed by atoms with Crippen molar-refractivity contribution in [2.24, 2.45) is 0 Å². The highest BCUT2D eigenvalue weighted by Crippen LogP contribution is 2.22. The van der Waals surface area contributed by atoms with E-state index in [4.69, 9.17) is 17.0 Å². The van der Waals surface area contributed by atoms with Crippen LogP contribution in [0.5, 0.6) is 0 Å². The summed E-state index contributed by atoms with van der Waals surface area (Å²) in [4.78, 5) is 24.1. The Hall–Kier alpha value is -2.01. The Labute approximate surface area is 183 Å². The number of carbonyl (C=O) groups excluding carboxylic acids is 2. The molecule has 28 heavy (non-hydrogen) atoms. The highest BCUT2D eigenvalue weighted by Gasteiger charge is 2.12. The van der Waals surface area contributed by atoms with Gasteiger partial charge in [-0.1, -0.05) is 39.0 Å². The minimum Gasteiger partial charge on any atom is -0.452 e. The van der Waals surface area contributed by atoms with Gasteiger partial charge in [0, 0.05) is 10.2 Å². The summed E-state index contributed by atoms with van der Waals surface area (Å²) in [5.74, 6) is -0.991. The largest absolute Gasteiger partial charge is 0.452 e. The van der Waals surface area contributed by atoms with Gasteiger partial charge in [0.2, 0.25) is 0 Å². The third kappa shape index (κ3) is 5.28. The van der Waals surface area contributed by atoms with Gasteiger partial charge in [-0.15, -0.1) is 5.10 Å². The van der Waals surface area contributed by atoms with E-state index in [2.05, 4.69) is 26.3 Å². The number of carbonyl (C=O) groups is 2. The highest BCUT2D eigenvalue weighted by atomic mass is 79.9. The molecule has 6 nitrogen and oxygen atoms in total. The van der Waals surface area contributed by atoms with Crippen molar-refractivity contribution in [2.75, 3.05) is 18.2 Å². The molecule has 0 aliphatic carbocycles. The normalized spacial score (nSPS) is 10.5. The molecule has 10 heteroatoms. The summed E-state index contributed by atoms with van der Waals surface area (Å²) in [6, 6.07) is 13.8. The van der Waals surface area contributed by atoms with Gasteiger partial charge < -0.3 is 10.1 Å². The number of ether oxygens (including phenoxy) is 1. The maximum absolute atomic E-state index is 12.2. The van der Waals surface area contributed by atoms with Gasteiger partial charge in [-0.05, 0) is 67.0 Å². The van der Waals surface area contributed by atoms with Crippen LogP contribution in [0.4, 0.5) is 5.69 Å². The van der Waals surface area contributed by atoms with Crippen LogP contribution in [0.2, 0.25) is 0 Å². The summed E-state index contributed by atoms with van der Waals surface area (Å²) in [7, 11) is 0. The molecule has 0 spiro atoms. The number of amides is 1. The molecule has 2 aromatic carbocycles. The van der Waals surface area contributed by atoms with Crippen LogP contribution >= 0.6 is 51.2 Å². The molecule has 0 bridgehead atoms. The van der Waals surface area contributed by atoms with E-state index in [1.54, 1.807) is 53.2 Å². The van der Waals surface area contributed by atoms with Crippen LogP contribution in [0.15, 0.2) is 57.3 Å². The number of anilines is 1. The molecule has 1 heterocycles. The molecule has 3 rings (SSSR count). The quantitative estimate of drug-likeness (QED) is 0.296. The molecule has 1 aromatic heterocycles. The van der Waals surface area contributed by atoms with Crippen molar-refractivity contribution >= 4 is 68.8 Å². The number of hydrogen-bond donors (Lipinski definition) is 1. The van der Waals surface area contributed by atoms with Gasteiger partial charge in [0.25, 0.3) is 5.91 Å². The number of rotatable bonds is 6. The second-order valence-electron chi connectivity index (χ2n) is 5.43. The van der Waals surface area contributed by atoms with Gasteiger partial charge in [-0.3, -0.25) is 4.79 Å². The number of aromatic nitrogens is 2. The van der Waals surface area contributed by atoms with E-state index in [-0.39, 0.29) is 6.61 Å². The van der Waals surface area contributed by atoms with Gasteiger partial charge >= 0.3 is 5.97 Å². The first-order valence-electron chi connectivity index (χ1n) is 7.93. The standard InChI is InChI=1S/C18H14BrN3O3S3/c1-27-17-21-22(18(26)28-17)14-8-2-11(3-9-14)16(24)25-10-15(23)20-13-6-4-12(19)5-7-13/h2-9H,10H2,1H3,(H,20,23). The summed E-state index contributed by atoms with van der Waals surface area (Å²) >= 11 is 11.6. The third-order valence-electron chi connectivity index (χ3n) is 3.51. The zero-order chi connectivity index (χ0) is 20.1. The number of benzene rings is 2. The fraction of sp³-hybridized carbons (Fsp3) is 0.111. The van der Waals surface area contributed by atoms with Crippen molar-refractivity contribution in [3.63, 3.8) is 0 Å².